The maximum Gasteiger partial charge on any atom is 0.308 e. The number of amides is 1. The van der Waals surface area contributed by atoms with E-state index < -0.39 is 11.9 Å². The van der Waals surface area contributed by atoms with Crippen LogP contribution in [0.1, 0.15) is 30.1 Å². The molecule has 2 aliphatic rings. The monoisotopic (exact) mass is 369 g/mol. The first-order valence-corrected chi connectivity index (χ1v) is 7.91. The molecule has 2 aliphatic heterocycles. The van der Waals surface area contributed by atoms with E-state index in [1.54, 1.807) is 24.0 Å². The standard InChI is InChI=1S/C15H16BrNO5/c1-8-10(15(19)20)3-2-4-17(8)14(18)9-5-11(16)13-12(6-9)21-7-22-13/h5-6,8,10H,2-4,7H2,1H3,(H,19,20)/t8-,10-/m1/s1. The minimum Gasteiger partial charge on any atom is -0.481 e. The van der Waals surface area contributed by atoms with E-state index in [2.05, 4.69) is 15.9 Å². The number of nitrogens with zero attached hydrogens (tertiary/aromatic N) is 1. The minimum absolute atomic E-state index is 0.132. The molecule has 0 bridgehead atoms. The molecule has 1 N–H and O–H groups in total. The van der Waals surface area contributed by atoms with E-state index in [4.69, 9.17) is 9.47 Å². The van der Waals surface area contributed by atoms with Gasteiger partial charge in [0, 0.05) is 18.2 Å². The molecule has 0 radical (unpaired) electrons. The lowest BCUT2D eigenvalue weighted by molar-refractivity contribution is -0.144. The summed E-state index contributed by atoms with van der Waals surface area (Å²) in [4.78, 5) is 25.7. The molecule has 0 aliphatic carbocycles. The molecule has 0 spiro atoms. The second-order valence-electron chi connectivity index (χ2n) is 5.52. The molecule has 22 heavy (non-hydrogen) atoms. The Morgan fingerprint density at radius 2 is 2.14 bits per heavy atom. The topological polar surface area (TPSA) is 76.1 Å². The SMILES string of the molecule is C[C@@H]1[C@H](C(=O)O)CCCN1C(=O)c1cc(Br)c2c(c1)OCO2. The van der Waals surface area contributed by atoms with E-state index in [9.17, 15) is 14.7 Å². The molecular weight excluding hydrogens is 354 g/mol. The van der Waals surface area contributed by atoms with Gasteiger partial charge in [-0.25, -0.2) is 0 Å². The van der Waals surface area contributed by atoms with Crippen molar-refractivity contribution in [1.82, 2.24) is 4.90 Å². The summed E-state index contributed by atoms with van der Waals surface area (Å²) in [5.41, 5.74) is 0.467. The smallest absolute Gasteiger partial charge is 0.308 e. The third-order valence-corrected chi connectivity index (χ3v) is 4.83. The lowest BCUT2D eigenvalue weighted by atomic mass is 9.90. The van der Waals surface area contributed by atoms with Gasteiger partial charge in [0.25, 0.3) is 5.91 Å². The quantitative estimate of drug-likeness (QED) is 0.866. The van der Waals surface area contributed by atoms with E-state index in [0.717, 1.165) is 0 Å². The lowest BCUT2D eigenvalue weighted by Gasteiger charge is -2.37. The van der Waals surface area contributed by atoms with E-state index in [1.807, 2.05) is 0 Å². The molecule has 2 atom stereocenters. The third kappa shape index (κ3) is 2.54. The Morgan fingerprint density at radius 3 is 2.86 bits per heavy atom. The van der Waals surface area contributed by atoms with E-state index in [1.165, 1.54) is 0 Å². The summed E-state index contributed by atoms with van der Waals surface area (Å²) in [6.45, 7) is 2.49. The van der Waals surface area contributed by atoms with Crippen LogP contribution in [0.5, 0.6) is 11.5 Å². The highest BCUT2D eigenvalue weighted by Gasteiger charge is 2.36. The molecule has 1 fully saturated rings. The van der Waals surface area contributed by atoms with Gasteiger partial charge in [0.15, 0.2) is 11.5 Å². The lowest BCUT2D eigenvalue weighted by Crippen LogP contribution is -2.49. The molecule has 1 aromatic carbocycles. The number of carboxylic acid groups (broad SMARTS) is 1. The second-order valence-corrected chi connectivity index (χ2v) is 6.37. The Kier molecular flexibility index (Phi) is 3.99. The first kappa shape index (κ1) is 15.1. The Hall–Kier alpha value is -1.76. The number of likely N-dealkylation sites (tertiary alicyclic amines) is 1. The van der Waals surface area contributed by atoms with Crippen LogP contribution in [0.3, 0.4) is 0 Å². The number of benzene rings is 1. The Labute approximate surface area is 136 Å². The molecule has 3 rings (SSSR count). The molecule has 0 saturated carbocycles. The van der Waals surface area contributed by atoms with Gasteiger partial charge in [0.1, 0.15) is 0 Å². The van der Waals surface area contributed by atoms with Gasteiger partial charge in [-0.3, -0.25) is 9.59 Å². The summed E-state index contributed by atoms with van der Waals surface area (Å²) >= 11 is 3.37. The Morgan fingerprint density at radius 1 is 1.36 bits per heavy atom. The maximum absolute atomic E-state index is 12.7. The first-order valence-electron chi connectivity index (χ1n) is 7.12. The molecule has 0 aromatic heterocycles. The summed E-state index contributed by atoms with van der Waals surface area (Å²) in [7, 11) is 0. The van der Waals surface area contributed by atoms with Crippen LogP contribution in [0, 0.1) is 5.92 Å². The fraction of sp³-hybridized carbons (Fsp3) is 0.467. The van der Waals surface area contributed by atoms with Crippen LogP contribution in [0.2, 0.25) is 0 Å². The van der Waals surface area contributed by atoms with Gasteiger partial charge in [-0.05, 0) is 47.8 Å². The van der Waals surface area contributed by atoms with Crippen LogP contribution in [-0.4, -0.2) is 41.3 Å². The number of carbonyl (C=O) groups excluding carboxylic acids is 1. The molecule has 0 unspecified atom stereocenters. The van der Waals surface area contributed by atoms with Crippen molar-refractivity contribution in [1.29, 1.82) is 0 Å². The van der Waals surface area contributed by atoms with Crippen molar-refractivity contribution in [3.63, 3.8) is 0 Å². The fourth-order valence-corrected chi connectivity index (χ4v) is 3.57. The zero-order valence-corrected chi connectivity index (χ0v) is 13.6. The summed E-state index contributed by atoms with van der Waals surface area (Å²) in [5.74, 6) is -0.437. The summed E-state index contributed by atoms with van der Waals surface area (Å²) in [6, 6.07) is 3.00. The van der Waals surface area contributed by atoms with Crippen LogP contribution in [-0.2, 0) is 4.79 Å². The predicted octanol–water partition coefficient (Wildman–Crippen LogP) is 2.50. The second kappa shape index (κ2) is 5.79. The highest BCUT2D eigenvalue weighted by atomic mass is 79.9. The molecule has 118 valence electrons. The average molecular weight is 370 g/mol. The van der Waals surface area contributed by atoms with Crippen LogP contribution in [0.4, 0.5) is 0 Å². The maximum atomic E-state index is 12.7. The summed E-state index contributed by atoms with van der Waals surface area (Å²) in [5, 5.41) is 9.27. The number of hydrogen-bond acceptors (Lipinski definition) is 4. The third-order valence-electron chi connectivity index (χ3n) is 4.24. The normalized spacial score (nSPS) is 23.5. The van der Waals surface area contributed by atoms with Gasteiger partial charge in [-0.2, -0.15) is 0 Å². The van der Waals surface area contributed by atoms with Crippen LogP contribution < -0.4 is 9.47 Å². The van der Waals surface area contributed by atoms with Crippen LogP contribution in [0.15, 0.2) is 16.6 Å². The van der Waals surface area contributed by atoms with Gasteiger partial charge < -0.3 is 19.5 Å². The molecule has 1 saturated heterocycles. The number of rotatable bonds is 2. The van der Waals surface area contributed by atoms with E-state index in [-0.39, 0.29) is 18.7 Å². The Balaban J connectivity index is 1.87. The molecule has 6 nitrogen and oxygen atoms in total. The summed E-state index contributed by atoms with van der Waals surface area (Å²) in [6.07, 6.45) is 1.30. The zero-order valence-electron chi connectivity index (χ0n) is 12.0. The van der Waals surface area contributed by atoms with Crippen LogP contribution in [0.25, 0.3) is 0 Å². The predicted molar refractivity (Wildman–Crippen MR) is 81.1 cm³/mol. The van der Waals surface area contributed by atoms with Crippen molar-refractivity contribution in [2.45, 2.75) is 25.8 Å². The van der Waals surface area contributed by atoms with Crippen molar-refractivity contribution in [2.75, 3.05) is 13.3 Å². The number of hydrogen-bond donors (Lipinski definition) is 1. The molecule has 2 heterocycles. The summed E-state index contributed by atoms with van der Waals surface area (Å²) < 4.78 is 11.3. The van der Waals surface area contributed by atoms with Crippen molar-refractivity contribution in [3.05, 3.63) is 22.2 Å². The molecule has 1 aromatic rings. The number of carboxylic acids is 1. The van der Waals surface area contributed by atoms with Crippen molar-refractivity contribution in [3.8, 4) is 11.5 Å². The number of aliphatic carboxylic acids is 1. The van der Waals surface area contributed by atoms with Gasteiger partial charge >= 0.3 is 5.97 Å². The van der Waals surface area contributed by atoms with Crippen molar-refractivity contribution >= 4 is 27.8 Å². The number of ether oxygens (including phenoxy) is 2. The van der Waals surface area contributed by atoms with Gasteiger partial charge in [0.05, 0.1) is 10.4 Å². The molecular formula is C15H16BrNO5. The first-order chi connectivity index (χ1) is 10.5. The Bertz CT molecular complexity index is 633. The largest absolute Gasteiger partial charge is 0.481 e. The van der Waals surface area contributed by atoms with Crippen molar-refractivity contribution < 1.29 is 24.2 Å². The minimum atomic E-state index is -0.850. The number of carbonyl (C=O) groups is 2. The van der Waals surface area contributed by atoms with E-state index in [0.29, 0.717) is 40.9 Å². The number of halogens is 1. The fourth-order valence-electron chi connectivity index (χ4n) is 3.02. The van der Waals surface area contributed by atoms with Crippen LogP contribution >= 0.6 is 15.9 Å². The highest BCUT2D eigenvalue weighted by molar-refractivity contribution is 9.10. The molecule has 1 amide bonds. The van der Waals surface area contributed by atoms with Crippen molar-refractivity contribution in [2.24, 2.45) is 5.92 Å². The molecule has 7 heteroatoms. The van der Waals surface area contributed by atoms with Gasteiger partial charge in [-0.1, -0.05) is 0 Å². The highest BCUT2D eigenvalue weighted by Crippen LogP contribution is 2.40. The number of piperidine rings is 1. The number of fused-ring (bicyclic) bond motifs is 1. The van der Waals surface area contributed by atoms with E-state index >= 15 is 0 Å². The van der Waals surface area contributed by atoms with Gasteiger partial charge in [0.2, 0.25) is 6.79 Å². The van der Waals surface area contributed by atoms with Gasteiger partial charge in [-0.15, -0.1) is 0 Å². The average Bonchev–Trinajstić information content (AvgIpc) is 2.95. The zero-order chi connectivity index (χ0) is 15.9.